The number of hydrogen-bond acceptors (Lipinski definition) is 5. The van der Waals surface area contributed by atoms with E-state index in [9.17, 15) is 14.4 Å². The number of para-hydroxylation sites is 1. The summed E-state index contributed by atoms with van der Waals surface area (Å²) in [5, 5.41) is 3.44. The van der Waals surface area contributed by atoms with Gasteiger partial charge in [-0.05, 0) is 38.0 Å². The Balaban J connectivity index is 1.79. The van der Waals surface area contributed by atoms with E-state index in [1.165, 1.54) is 4.57 Å². The molecule has 0 aliphatic rings. The molecule has 0 spiro atoms. The zero-order valence-electron chi connectivity index (χ0n) is 17.8. The minimum atomic E-state index is -0.978. The highest BCUT2D eigenvalue weighted by Crippen LogP contribution is 2.22. The zero-order chi connectivity index (χ0) is 22.4. The third kappa shape index (κ3) is 5.94. The number of alkyl carbamates (subject to hydrolysis) is 1. The lowest BCUT2D eigenvalue weighted by atomic mass is 10.0. The molecular formula is C24H26N2O5. The number of amides is 1. The summed E-state index contributed by atoms with van der Waals surface area (Å²) < 4.78 is 12.2. The summed E-state index contributed by atoms with van der Waals surface area (Å²) in [5.74, 6) is -0.577. The number of aromatic nitrogens is 1. The van der Waals surface area contributed by atoms with Gasteiger partial charge in [-0.15, -0.1) is 0 Å². The predicted molar refractivity (Wildman–Crippen MR) is 117 cm³/mol. The van der Waals surface area contributed by atoms with Crippen molar-refractivity contribution < 1.29 is 23.9 Å². The third-order valence-corrected chi connectivity index (χ3v) is 4.56. The van der Waals surface area contributed by atoms with E-state index in [4.69, 9.17) is 9.47 Å². The van der Waals surface area contributed by atoms with Crippen LogP contribution < -0.4 is 5.32 Å². The molecule has 3 aromatic rings. The van der Waals surface area contributed by atoms with Gasteiger partial charge in [-0.25, -0.2) is 9.59 Å². The standard InChI is InChI=1S/C24H26N2O5/c1-24(2,3)31-22(28)20(25-23(29)30-15-17-9-5-4-6-10-17)13-18-14-26(16-27)21-12-8-7-11-19(18)21/h4-12,14,16,20H,13,15H2,1-3H3,(H,25,29)/t20-/m0/s1. The SMILES string of the molecule is CC(C)(C)OC(=O)[C@H](Cc1cn(C=O)c2ccccc12)NC(=O)OCc1ccccc1. The molecule has 0 fully saturated rings. The number of rotatable bonds is 7. The summed E-state index contributed by atoms with van der Waals surface area (Å²) in [5.41, 5.74) is 1.58. The van der Waals surface area contributed by atoms with Gasteiger partial charge in [0.25, 0.3) is 0 Å². The van der Waals surface area contributed by atoms with Crippen LogP contribution in [-0.4, -0.2) is 34.7 Å². The highest BCUT2D eigenvalue weighted by molar-refractivity contribution is 5.90. The number of carbonyl (C=O) groups excluding carboxylic acids is 3. The summed E-state index contributed by atoms with van der Waals surface area (Å²) in [6.45, 7) is 5.36. The largest absolute Gasteiger partial charge is 0.458 e. The number of benzene rings is 2. The van der Waals surface area contributed by atoms with E-state index in [-0.39, 0.29) is 13.0 Å². The normalized spacial score (nSPS) is 12.2. The lowest BCUT2D eigenvalue weighted by molar-refractivity contribution is -0.157. The maximum absolute atomic E-state index is 12.8. The number of nitrogens with zero attached hydrogens (tertiary/aromatic N) is 1. The van der Waals surface area contributed by atoms with Crippen molar-refractivity contribution in [2.75, 3.05) is 0 Å². The maximum Gasteiger partial charge on any atom is 0.408 e. The molecule has 1 aromatic heterocycles. The predicted octanol–water partition coefficient (Wildman–Crippen LogP) is 3.86. The monoisotopic (exact) mass is 422 g/mol. The Morgan fingerprint density at radius 2 is 1.74 bits per heavy atom. The van der Waals surface area contributed by atoms with E-state index in [2.05, 4.69) is 5.32 Å². The molecule has 2 aromatic carbocycles. The fourth-order valence-corrected chi connectivity index (χ4v) is 3.22. The van der Waals surface area contributed by atoms with Gasteiger partial charge in [-0.2, -0.15) is 0 Å². The first-order valence-electron chi connectivity index (χ1n) is 10.0. The van der Waals surface area contributed by atoms with Crippen molar-refractivity contribution in [1.82, 2.24) is 9.88 Å². The molecule has 0 radical (unpaired) electrons. The van der Waals surface area contributed by atoms with Crippen LogP contribution in [0.25, 0.3) is 10.9 Å². The van der Waals surface area contributed by atoms with Crippen molar-refractivity contribution in [3.63, 3.8) is 0 Å². The smallest absolute Gasteiger partial charge is 0.408 e. The van der Waals surface area contributed by atoms with E-state index in [1.807, 2.05) is 54.6 Å². The molecule has 0 aliphatic carbocycles. The summed E-state index contributed by atoms with van der Waals surface area (Å²) >= 11 is 0. The number of esters is 1. The molecule has 3 rings (SSSR count). The van der Waals surface area contributed by atoms with E-state index in [0.29, 0.717) is 6.41 Å². The van der Waals surface area contributed by atoms with Crippen LogP contribution in [-0.2, 0) is 32.1 Å². The fourth-order valence-electron chi connectivity index (χ4n) is 3.22. The van der Waals surface area contributed by atoms with Crippen molar-refractivity contribution in [2.45, 2.75) is 45.4 Å². The van der Waals surface area contributed by atoms with Crippen LogP contribution in [0.2, 0.25) is 0 Å². The first-order valence-corrected chi connectivity index (χ1v) is 10.0. The van der Waals surface area contributed by atoms with E-state index in [1.54, 1.807) is 27.0 Å². The van der Waals surface area contributed by atoms with Crippen LogP contribution >= 0.6 is 0 Å². The molecule has 0 bridgehead atoms. The van der Waals surface area contributed by atoms with Crippen LogP contribution in [0.4, 0.5) is 4.79 Å². The number of hydrogen-bond donors (Lipinski definition) is 1. The van der Waals surface area contributed by atoms with Gasteiger partial charge in [0.15, 0.2) is 0 Å². The summed E-state index contributed by atoms with van der Waals surface area (Å²) in [6, 6.07) is 15.6. The van der Waals surface area contributed by atoms with Gasteiger partial charge in [0.1, 0.15) is 18.2 Å². The van der Waals surface area contributed by atoms with Crippen LogP contribution in [0.5, 0.6) is 0 Å². The molecule has 7 nitrogen and oxygen atoms in total. The Morgan fingerprint density at radius 1 is 1.06 bits per heavy atom. The van der Waals surface area contributed by atoms with Crippen LogP contribution in [0.3, 0.4) is 0 Å². The Morgan fingerprint density at radius 3 is 2.42 bits per heavy atom. The van der Waals surface area contributed by atoms with Gasteiger partial charge in [-0.1, -0.05) is 48.5 Å². The van der Waals surface area contributed by atoms with Crippen LogP contribution in [0, 0.1) is 0 Å². The topological polar surface area (TPSA) is 86.6 Å². The quantitative estimate of drug-likeness (QED) is 0.462. The summed E-state index contributed by atoms with van der Waals surface area (Å²) in [7, 11) is 0. The fraction of sp³-hybridized carbons (Fsp3) is 0.292. The van der Waals surface area contributed by atoms with E-state index >= 15 is 0 Å². The van der Waals surface area contributed by atoms with Gasteiger partial charge < -0.3 is 14.8 Å². The number of ether oxygens (including phenoxy) is 2. The minimum absolute atomic E-state index is 0.0815. The third-order valence-electron chi connectivity index (χ3n) is 4.56. The summed E-state index contributed by atoms with van der Waals surface area (Å²) in [4.78, 5) is 36.6. The van der Waals surface area contributed by atoms with Crippen LogP contribution in [0.15, 0.2) is 60.8 Å². The molecule has 1 amide bonds. The second-order valence-electron chi connectivity index (χ2n) is 8.18. The molecule has 7 heteroatoms. The Labute approximate surface area is 181 Å². The first kappa shape index (κ1) is 22.1. The van der Waals surface area contributed by atoms with Crippen molar-refractivity contribution in [3.8, 4) is 0 Å². The van der Waals surface area contributed by atoms with Gasteiger partial charge in [-0.3, -0.25) is 9.36 Å². The van der Waals surface area contributed by atoms with Gasteiger partial charge >= 0.3 is 12.1 Å². The highest BCUT2D eigenvalue weighted by atomic mass is 16.6. The van der Waals surface area contributed by atoms with E-state index < -0.39 is 23.7 Å². The molecule has 31 heavy (non-hydrogen) atoms. The van der Waals surface area contributed by atoms with Crippen molar-refractivity contribution in [3.05, 3.63) is 71.9 Å². The first-order chi connectivity index (χ1) is 14.8. The minimum Gasteiger partial charge on any atom is -0.458 e. The maximum atomic E-state index is 12.8. The molecule has 0 aliphatic heterocycles. The average molecular weight is 422 g/mol. The molecule has 162 valence electrons. The lowest BCUT2D eigenvalue weighted by Gasteiger charge is -2.24. The lowest BCUT2D eigenvalue weighted by Crippen LogP contribution is -2.45. The number of carbonyl (C=O) groups is 3. The molecule has 0 saturated carbocycles. The molecule has 1 N–H and O–H groups in total. The Hall–Kier alpha value is -3.61. The molecule has 0 unspecified atom stereocenters. The Kier molecular flexibility index (Phi) is 6.74. The van der Waals surface area contributed by atoms with Gasteiger partial charge in [0, 0.05) is 18.0 Å². The van der Waals surface area contributed by atoms with E-state index in [0.717, 1.165) is 22.0 Å². The molecule has 1 heterocycles. The van der Waals surface area contributed by atoms with Gasteiger partial charge in [0.05, 0.1) is 5.52 Å². The number of nitrogens with one attached hydrogen (secondary N) is 1. The summed E-state index contributed by atoms with van der Waals surface area (Å²) in [6.07, 6.45) is 1.79. The molecule has 0 saturated heterocycles. The van der Waals surface area contributed by atoms with Crippen molar-refractivity contribution >= 4 is 29.4 Å². The molecule has 1 atom stereocenters. The van der Waals surface area contributed by atoms with Crippen molar-refractivity contribution in [1.29, 1.82) is 0 Å². The second kappa shape index (κ2) is 9.47. The molecular weight excluding hydrogens is 396 g/mol. The van der Waals surface area contributed by atoms with Crippen molar-refractivity contribution in [2.24, 2.45) is 0 Å². The highest BCUT2D eigenvalue weighted by Gasteiger charge is 2.28. The Bertz CT molecular complexity index is 1070. The van der Waals surface area contributed by atoms with Crippen LogP contribution in [0.1, 0.15) is 31.9 Å². The zero-order valence-corrected chi connectivity index (χ0v) is 17.8. The second-order valence-corrected chi connectivity index (χ2v) is 8.18. The van der Waals surface area contributed by atoms with Gasteiger partial charge in [0.2, 0.25) is 6.41 Å². The average Bonchev–Trinajstić information content (AvgIpc) is 3.09. The number of fused-ring (bicyclic) bond motifs is 1.